The zero-order chi connectivity index (χ0) is 33.8. The molecular weight excluding hydrogens is 639 g/mol. The van der Waals surface area contributed by atoms with E-state index in [-0.39, 0.29) is 30.3 Å². The molecule has 0 radical (unpaired) electrons. The van der Waals surface area contributed by atoms with Gasteiger partial charge in [-0.25, -0.2) is 18.1 Å². The third kappa shape index (κ3) is 6.45. The number of amides is 1. The van der Waals surface area contributed by atoms with Crippen LogP contribution in [0, 0.1) is 25.2 Å². The van der Waals surface area contributed by atoms with E-state index in [1.807, 2.05) is 43.0 Å². The Morgan fingerprint density at radius 3 is 2.47 bits per heavy atom. The van der Waals surface area contributed by atoms with E-state index >= 15 is 0 Å². The minimum absolute atomic E-state index is 0. The van der Waals surface area contributed by atoms with Gasteiger partial charge in [0.1, 0.15) is 6.10 Å². The summed E-state index contributed by atoms with van der Waals surface area (Å²) in [5, 5.41) is 0. The van der Waals surface area contributed by atoms with E-state index < -0.39 is 10.0 Å². The molecule has 49 heavy (non-hydrogen) atoms. The number of aromatic nitrogens is 2. The predicted octanol–water partition coefficient (Wildman–Crippen LogP) is 6.23. The van der Waals surface area contributed by atoms with Crippen molar-refractivity contribution < 1.29 is 24.1 Å². The van der Waals surface area contributed by atoms with Gasteiger partial charge in [0.2, 0.25) is 11.8 Å². The van der Waals surface area contributed by atoms with Crippen LogP contribution in [0.25, 0.3) is 11.3 Å². The molecular formula is C38H49N5O5S. The van der Waals surface area contributed by atoms with Crippen LogP contribution in [0.4, 0.5) is 5.95 Å². The normalized spacial score (nSPS) is 25.4. The average Bonchev–Trinajstić information content (AvgIpc) is 3.72. The highest BCUT2D eigenvalue weighted by Gasteiger charge is 2.51. The van der Waals surface area contributed by atoms with Crippen molar-refractivity contribution in [3.05, 3.63) is 65.2 Å². The van der Waals surface area contributed by atoms with Gasteiger partial charge in [-0.3, -0.25) is 9.69 Å². The smallest absolute Gasteiger partial charge is 0.264 e. The quantitative estimate of drug-likeness (QED) is 0.336. The van der Waals surface area contributed by atoms with E-state index in [4.69, 9.17) is 14.5 Å². The Balaban J connectivity index is 0.00000392. The fourth-order valence-corrected chi connectivity index (χ4v) is 10.2. The summed E-state index contributed by atoms with van der Waals surface area (Å²) in [5.41, 5.74) is 4.38. The molecule has 2 saturated carbocycles. The Hall–Kier alpha value is -3.54. The van der Waals surface area contributed by atoms with Crippen LogP contribution in [0.15, 0.2) is 53.4 Å². The number of fused-ring (bicyclic) bond motifs is 5. The minimum Gasteiger partial charge on any atom is -0.471 e. The zero-order valence-electron chi connectivity index (χ0n) is 28.6. The van der Waals surface area contributed by atoms with Crippen LogP contribution < -0.4 is 9.46 Å². The maximum absolute atomic E-state index is 14.6. The number of anilines is 1. The number of hydrogen-bond donors (Lipinski definition) is 1. The monoisotopic (exact) mass is 687 g/mol. The summed E-state index contributed by atoms with van der Waals surface area (Å²) in [7, 11) is -4.12. The lowest BCUT2D eigenvalue weighted by molar-refractivity contribution is 0.0111. The Bertz CT molecular complexity index is 1820. The number of aryl methyl sites for hydroxylation is 2. The SMILES string of the molecule is Cc1cccc(C)c1-c1cc2nc(n1)NS(=O)(=O)c1cccc(c1)C(=O)N(CCC1CCOCC1)[C@@H]1CN(C3CC4(CCCC4)C3)C[C@H]1O2.[HH]. The van der Waals surface area contributed by atoms with Crippen LogP contribution in [0.3, 0.4) is 0 Å². The van der Waals surface area contributed by atoms with Gasteiger partial charge in [0.05, 0.1) is 16.6 Å². The number of sulfonamides is 1. The Kier molecular flexibility index (Phi) is 8.64. The first-order valence-corrected chi connectivity index (χ1v) is 19.5. The largest absolute Gasteiger partial charge is 0.471 e. The van der Waals surface area contributed by atoms with Gasteiger partial charge in [-0.05, 0) is 99.5 Å². The summed E-state index contributed by atoms with van der Waals surface area (Å²) in [6.07, 6.45) is 10.2. The number of ether oxygens (including phenoxy) is 2. The number of rotatable bonds is 5. The highest BCUT2D eigenvalue weighted by molar-refractivity contribution is 7.92. The molecule has 11 heteroatoms. The first kappa shape index (κ1) is 32.7. The number of likely N-dealkylation sites (tertiary alicyclic amines) is 1. The molecule has 3 aromatic rings. The molecule has 0 unspecified atom stereocenters. The summed E-state index contributed by atoms with van der Waals surface area (Å²) >= 11 is 0. The third-order valence-electron chi connectivity index (χ3n) is 11.9. The van der Waals surface area contributed by atoms with Crippen molar-refractivity contribution in [1.29, 1.82) is 0 Å². The number of carbonyl (C=O) groups is 1. The van der Waals surface area contributed by atoms with Crippen LogP contribution in [-0.2, 0) is 14.8 Å². The van der Waals surface area contributed by atoms with Gasteiger partial charge in [0.25, 0.3) is 15.9 Å². The number of carbonyl (C=O) groups excluding carboxylic acids is 1. The van der Waals surface area contributed by atoms with Crippen molar-refractivity contribution in [3.8, 4) is 17.1 Å². The molecule has 1 aromatic heterocycles. The topological polar surface area (TPSA) is 114 Å². The third-order valence-corrected chi connectivity index (χ3v) is 13.2. The van der Waals surface area contributed by atoms with Gasteiger partial charge < -0.3 is 14.4 Å². The summed E-state index contributed by atoms with van der Waals surface area (Å²) in [6.45, 7) is 7.48. The molecule has 4 fully saturated rings. The van der Waals surface area contributed by atoms with Crippen molar-refractivity contribution in [2.45, 2.75) is 94.7 Å². The molecule has 10 nitrogen and oxygen atoms in total. The molecule has 2 aliphatic carbocycles. The zero-order valence-corrected chi connectivity index (χ0v) is 29.4. The lowest BCUT2D eigenvalue weighted by Crippen LogP contribution is -2.51. The van der Waals surface area contributed by atoms with E-state index in [1.165, 1.54) is 50.7 Å². The summed E-state index contributed by atoms with van der Waals surface area (Å²) in [4.78, 5) is 28.5. The van der Waals surface area contributed by atoms with Crippen molar-refractivity contribution >= 4 is 21.9 Å². The van der Waals surface area contributed by atoms with Crippen LogP contribution in [0.5, 0.6) is 5.88 Å². The molecule has 8 rings (SSSR count). The molecule has 4 bridgehead atoms. The lowest BCUT2D eigenvalue weighted by atomic mass is 9.64. The van der Waals surface area contributed by atoms with Crippen LogP contribution in [0.2, 0.25) is 0 Å². The van der Waals surface area contributed by atoms with E-state index in [9.17, 15) is 13.2 Å². The van der Waals surface area contributed by atoms with Gasteiger partial charge in [-0.15, -0.1) is 0 Å². The minimum atomic E-state index is -4.12. The Labute approximate surface area is 291 Å². The highest BCUT2D eigenvalue weighted by Crippen LogP contribution is 2.55. The van der Waals surface area contributed by atoms with Crippen LogP contribution >= 0.6 is 0 Å². The predicted molar refractivity (Wildman–Crippen MR) is 189 cm³/mol. The number of benzene rings is 2. The van der Waals surface area contributed by atoms with E-state index in [1.54, 1.807) is 12.1 Å². The second-order valence-corrected chi connectivity index (χ2v) is 16.8. The Morgan fingerprint density at radius 2 is 1.71 bits per heavy atom. The highest BCUT2D eigenvalue weighted by atomic mass is 32.2. The van der Waals surface area contributed by atoms with Crippen molar-refractivity contribution in [3.63, 3.8) is 0 Å². The summed E-state index contributed by atoms with van der Waals surface area (Å²) in [6, 6.07) is 14.4. The van der Waals surface area contributed by atoms with Crippen molar-refractivity contribution in [1.82, 2.24) is 19.8 Å². The molecule has 1 amide bonds. The van der Waals surface area contributed by atoms with Crippen LogP contribution in [-0.4, -0.2) is 85.1 Å². The second kappa shape index (κ2) is 13.0. The molecule has 5 aliphatic rings. The molecule has 2 saturated heterocycles. The molecule has 1 N–H and O–H groups in total. The van der Waals surface area contributed by atoms with Crippen LogP contribution in [0.1, 0.15) is 80.7 Å². The van der Waals surface area contributed by atoms with E-state index in [0.29, 0.717) is 54.1 Å². The Morgan fingerprint density at radius 1 is 0.980 bits per heavy atom. The number of nitrogens with zero attached hydrogens (tertiary/aromatic N) is 4. The van der Waals surface area contributed by atoms with Crippen molar-refractivity contribution in [2.75, 3.05) is 37.6 Å². The maximum atomic E-state index is 14.6. The molecule has 2 atom stereocenters. The first-order valence-electron chi connectivity index (χ1n) is 18.0. The number of nitrogens with one attached hydrogen (secondary N) is 1. The summed E-state index contributed by atoms with van der Waals surface area (Å²) in [5.74, 6) is 0.540. The van der Waals surface area contributed by atoms with Gasteiger partial charge in [-0.2, -0.15) is 4.98 Å². The second-order valence-electron chi connectivity index (χ2n) is 15.1. The van der Waals surface area contributed by atoms with Crippen molar-refractivity contribution in [2.24, 2.45) is 11.3 Å². The lowest BCUT2D eigenvalue weighted by Gasteiger charge is -2.49. The van der Waals surface area contributed by atoms with Gasteiger partial charge in [0.15, 0.2) is 0 Å². The van der Waals surface area contributed by atoms with Gasteiger partial charge in [-0.1, -0.05) is 37.1 Å². The standard InChI is InChI=1S/C38H47N5O5S.H2/c1-25-7-5-8-26(2)35(25)31-20-34-40-37(39-31)41-49(45,46)30-10-6-9-28(19-30)36(44)43(16-11-27-12-17-47-18-13-27)32-23-42(24-33(32)48-34)29-21-38(22-29)14-3-4-15-38;/h5-10,19-20,27,29,32-33H,3-4,11-18,21-24H2,1-2H3,(H,39,40,41);1H/t32-,33-;/m1./s1. The first-order chi connectivity index (χ1) is 23.7. The molecule has 4 heterocycles. The van der Waals surface area contributed by atoms with E-state index in [0.717, 1.165) is 49.2 Å². The fourth-order valence-electron chi connectivity index (χ4n) is 9.18. The van der Waals surface area contributed by atoms with Gasteiger partial charge >= 0.3 is 0 Å². The summed E-state index contributed by atoms with van der Waals surface area (Å²) < 4.78 is 42.6. The molecule has 3 aliphatic heterocycles. The fraction of sp³-hybridized carbons (Fsp3) is 0.553. The van der Waals surface area contributed by atoms with E-state index in [2.05, 4.69) is 14.6 Å². The molecule has 262 valence electrons. The molecule has 2 aromatic carbocycles. The molecule has 1 spiro atoms. The maximum Gasteiger partial charge on any atom is 0.264 e. The number of hydrogen-bond acceptors (Lipinski definition) is 8. The van der Waals surface area contributed by atoms with Gasteiger partial charge in [0, 0.05) is 57.5 Å². The average molecular weight is 688 g/mol.